The Morgan fingerprint density at radius 1 is 1.22 bits per heavy atom. The normalized spacial score (nSPS) is 14.8. The molecule has 0 aromatic heterocycles. The molecule has 0 heterocycles. The monoisotopic (exact) mass is 249 g/mol. The van der Waals surface area contributed by atoms with Gasteiger partial charge in [0.05, 0.1) is 6.42 Å². The molecule has 0 aliphatic heterocycles. The molecular weight excluding hydrogens is 226 g/mol. The third-order valence-corrected chi connectivity index (χ3v) is 3.65. The summed E-state index contributed by atoms with van der Waals surface area (Å²) in [6.45, 7) is 6.45. The van der Waals surface area contributed by atoms with Gasteiger partial charge >= 0.3 is 5.97 Å². The van der Waals surface area contributed by atoms with Gasteiger partial charge in [-0.2, -0.15) is 0 Å². The molecule has 100 valence electrons. The van der Waals surface area contributed by atoms with Crippen molar-refractivity contribution in [2.75, 3.05) is 7.05 Å². The Hall–Kier alpha value is -1.35. The van der Waals surface area contributed by atoms with Crippen LogP contribution in [0.4, 0.5) is 0 Å². The van der Waals surface area contributed by atoms with Crippen LogP contribution in [-0.2, 0) is 4.79 Å². The highest BCUT2D eigenvalue weighted by molar-refractivity contribution is 5.67. The Morgan fingerprint density at radius 2 is 1.78 bits per heavy atom. The molecule has 0 amide bonds. The summed E-state index contributed by atoms with van der Waals surface area (Å²) < 4.78 is 0. The lowest BCUT2D eigenvalue weighted by molar-refractivity contribution is -0.138. The average Bonchev–Trinajstić information content (AvgIpc) is 2.35. The molecule has 0 bridgehead atoms. The summed E-state index contributed by atoms with van der Waals surface area (Å²) in [5.41, 5.74) is 1.06. The van der Waals surface area contributed by atoms with Crippen LogP contribution in [0.3, 0.4) is 0 Å². The molecule has 18 heavy (non-hydrogen) atoms. The first-order valence-electron chi connectivity index (χ1n) is 6.42. The van der Waals surface area contributed by atoms with E-state index < -0.39 is 5.97 Å². The van der Waals surface area contributed by atoms with Gasteiger partial charge < -0.3 is 5.11 Å². The number of benzene rings is 1. The molecule has 0 spiro atoms. The molecular formula is C15H23NO2. The van der Waals surface area contributed by atoms with Crippen molar-refractivity contribution < 1.29 is 9.90 Å². The molecule has 2 atom stereocenters. The van der Waals surface area contributed by atoms with Crippen LogP contribution in [0.15, 0.2) is 30.3 Å². The van der Waals surface area contributed by atoms with E-state index in [2.05, 4.69) is 25.7 Å². The van der Waals surface area contributed by atoms with Gasteiger partial charge in [-0.15, -0.1) is 0 Å². The standard InChI is InChI=1S/C15H23NO2/c1-11(2)12(3)16(4)14(10-15(17)18)13-8-6-5-7-9-13/h5-9,11-12,14H,10H2,1-4H3,(H,17,18). The zero-order valence-electron chi connectivity index (χ0n) is 11.6. The van der Waals surface area contributed by atoms with Crippen LogP contribution >= 0.6 is 0 Å². The number of carboxylic acid groups (broad SMARTS) is 1. The number of rotatable bonds is 6. The zero-order valence-corrected chi connectivity index (χ0v) is 11.6. The summed E-state index contributed by atoms with van der Waals surface area (Å²) >= 11 is 0. The number of carboxylic acids is 1. The lowest BCUT2D eigenvalue weighted by atomic mass is 9.97. The molecule has 0 aliphatic rings. The maximum atomic E-state index is 11.1. The molecule has 0 fully saturated rings. The van der Waals surface area contributed by atoms with Crippen molar-refractivity contribution in [3.63, 3.8) is 0 Å². The SMILES string of the molecule is CC(C)C(C)N(C)C(CC(=O)O)c1ccccc1. The molecule has 2 unspecified atom stereocenters. The molecule has 1 aromatic carbocycles. The number of hydrogen-bond acceptors (Lipinski definition) is 2. The molecule has 0 saturated carbocycles. The van der Waals surface area contributed by atoms with Crippen molar-refractivity contribution in [3.05, 3.63) is 35.9 Å². The lowest BCUT2D eigenvalue weighted by Crippen LogP contribution is -2.37. The van der Waals surface area contributed by atoms with Crippen LogP contribution in [0.1, 0.15) is 38.8 Å². The van der Waals surface area contributed by atoms with E-state index in [9.17, 15) is 4.79 Å². The van der Waals surface area contributed by atoms with Crippen molar-refractivity contribution in [1.29, 1.82) is 0 Å². The van der Waals surface area contributed by atoms with Gasteiger partial charge in [-0.1, -0.05) is 44.2 Å². The quantitative estimate of drug-likeness (QED) is 0.841. The molecule has 3 nitrogen and oxygen atoms in total. The summed E-state index contributed by atoms with van der Waals surface area (Å²) in [6, 6.07) is 10.1. The second kappa shape index (κ2) is 6.55. The van der Waals surface area contributed by atoms with Crippen molar-refractivity contribution >= 4 is 5.97 Å². The highest BCUT2D eigenvalue weighted by Gasteiger charge is 2.25. The van der Waals surface area contributed by atoms with Crippen LogP contribution < -0.4 is 0 Å². The van der Waals surface area contributed by atoms with Gasteiger partial charge in [-0.3, -0.25) is 9.69 Å². The topological polar surface area (TPSA) is 40.5 Å². The van der Waals surface area contributed by atoms with Gasteiger partial charge in [0, 0.05) is 12.1 Å². The Kier molecular flexibility index (Phi) is 5.35. The molecule has 0 radical (unpaired) electrons. The largest absolute Gasteiger partial charge is 0.481 e. The van der Waals surface area contributed by atoms with E-state index in [1.165, 1.54) is 0 Å². The van der Waals surface area contributed by atoms with Gasteiger partial charge in [0.15, 0.2) is 0 Å². The summed E-state index contributed by atoms with van der Waals surface area (Å²) in [4.78, 5) is 13.2. The Morgan fingerprint density at radius 3 is 2.22 bits per heavy atom. The Bertz CT molecular complexity index is 375. The Labute approximate surface area is 109 Å². The highest BCUT2D eigenvalue weighted by atomic mass is 16.4. The molecule has 1 N–H and O–H groups in total. The van der Waals surface area contributed by atoms with Crippen molar-refractivity contribution in [2.45, 2.75) is 39.3 Å². The predicted octanol–water partition coefficient (Wildman–Crippen LogP) is 3.18. The van der Waals surface area contributed by atoms with Gasteiger partial charge in [-0.25, -0.2) is 0 Å². The average molecular weight is 249 g/mol. The molecule has 1 rings (SSSR count). The van der Waals surface area contributed by atoms with Crippen LogP contribution in [-0.4, -0.2) is 29.1 Å². The number of nitrogens with zero attached hydrogens (tertiary/aromatic N) is 1. The maximum Gasteiger partial charge on any atom is 0.305 e. The molecule has 0 saturated heterocycles. The van der Waals surface area contributed by atoms with E-state index in [1.807, 2.05) is 37.4 Å². The molecule has 3 heteroatoms. The number of aliphatic carboxylic acids is 1. The second-order valence-corrected chi connectivity index (χ2v) is 5.17. The van der Waals surface area contributed by atoms with E-state index in [4.69, 9.17) is 5.11 Å². The second-order valence-electron chi connectivity index (χ2n) is 5.17. The predicted molar refractivity (Wildman–Crippen MR) is 73.5 cm³/mol. The van der Waals surface area contributed by atoms with Gasteiger partial charge in [-0.05, 0) is 25.5 Å². The van der Waals surface area contributed by atoms with E-state index in [0.717, 1.165) is 5.56 Å². The summed E-state index contributed by atoms with van der Waals surface area (Å²) in [7, 11) is 2.01. The minimum absolute atomic E-state index is 0.0684. The fraction of sp³-hybridized carbons (Fsp3) is 0.533. The highest BCUT2D eigenvalue weighted by Crippen LogP contribution is 2.26. The van der Waals surface area contributed by atoms with E-state index in [0.29, 0.717) is 12.0 Å². The maximum absolute atomic E-state index is 11.1. The van der Waals surface area contributed by atoms with E-state index in [1.54, 1.807) is 0 Å². The summed E-state index contributed by atoms with van der Waals surface area (Å²) in [5, 5.41) is 9.09. The number of hydrogen-bond donors (Lipinski definition) is 1. The van der Waals surface area contributed by atoms with Crippen LogP contribution in [0.2, 0.25) is 0 Å². The Balaban J connectivity index is 2.95. The van der Waals surface area contributed by atoms with E-state index >= 15 is 0 Å². The fourth-order valence-electron chi connectivity index (χ4n) is 2.09. The first kappa shape index (κ1) is 14.7. The van der Waals surface area contributed by atoms with E-state index in [-0.39, 0.29) is 12.5 Å². The van der Waals surface area contributed by atoms with Crippen molar-refractivity contribution in [2.24, 2.45) is 5.92 Å². The van der Waals surface area contributed by atoms with Crippen molar-refractivity contribution in [3.8, 4) is 0 Å². The fourth-order valence-corrected chi connectivity index (χ4v) is 2.09. The van der Waals surface area contributed by atoms with Crippen LogP contribution in [0.25, 0.3) is 0 Å². The van der Waals surface area contributed by atoms with Crippen LogP contribution in [0, 0.1) is 5.92 Å². The third kappa shape index (κ3) is 3.84. The summed E-state index contributed by atoms with van der Waals surface area (Å²) in [6.07, 6.45) is 0.136. The van der Waals surface area contributed by atoms with Crippen LogP contribution in [0.5, 0.6) is 0 Å². The zero-order chi connectivity index (χ0) is 13.7. The lowest BCUT2D eigenvalue weighted by Gasteiger charge is -2.35. The molecule has 1 aromatic rings. The van der Waals surface area contributed by atoms with Gasteiger partial charge in [0.25, 0.3) is 0 Å². The van der Waals surface area contributed by atoms with Gasteiger partial charge in [0.1, 0.15) is 0 Å². The van der Waals surface area contributed by atoms with Crippen molar-refractivity contribution in [1.82, 2.24) is 4.90 Å². The number of carbonyl (C=O) groups is 1. The smallest absolute Gasteiger partial charge is 0.305 e. The minimum Gasteiger partial charge on any atom is -0.481 e. The summed E-state index contributed by atoms with van der Waals surface area (Å²) in [5.74, 6) is -0.262. The first-order chi connectivity index (χ1) is 8.43. The first-order valence-corrected chi connectivity index (χ1v) is 6.42. The molecule has 0 aliphatic carbocycles. The van der Waals surface area contributed by atoms with Gasteiger partial charge in [0.2, 0.25) is 0 Å². The third-order valence-electron chi connectivity index (χ3n) is 3.65. The minimum atomic E-state index is -0.758.